The fraction of sp³-hybridized carbons (Fsp3) is 0.227. The summed E-state index contributed by atoms with van der Waals surface area (Å²) in [5, 5.41) is 0.188. The molecule has 0 spiro atoms. The Kier molecular flexibility index (Phi) is 5.62. The predicted molar refractivity (Wildman–Crippen MR) is 112 cm³/mol. The Hall–Kier alpha value is -3.12. The van der Waals surface area contributed by atoms with Gasteiger partial charge in [0.15, 0.2) is 11.0 Å². The second-order valence-electron chi connectivity index (χ2n) is 6.82. The Bertz CT molecular complexity index is 1060. The molecule has 1 aliphatic rings. The standard InChI is InChI=1S/C22H20ClN3O3/c23-20-19(17-10-5-2-6-11-17)26(22(28)21(24-20)25-12-7-13-25)14-18(27)29-15-16-8-3-1-4-9-16/h1-6,8-11H,7,12-15H2. The Balaban J connectivity index is 1.66. The zero-order valence-corrected chi connectivity index (χ0v) is 16.5. The maximum Gasteiger partial charge on any atom is 0.326 e. The topological polar surface area (TPSA) is 64.4 Å². The van der Waals surface area contributed by atoms with Gasteiger partial charge in [0.1, 0.15) is 13.2 Å². The van der Waals surface area contributed by atoms with Gasteiger partial charge in [-0.25, -0.2) is 4.98 Å². The average molecular weight is 410 g/mol. The molecular formula is C22H20ClN3O3. The summed E-state index contributed by atoms with van der Waals surface area (Å²) >= 11 is 6.47. The number of ether oxygens (including phenoxy) is 1. The number of rotatable bonds is 6. The minimum atomic E-state index is -0.509. The zero-order chi connectivity index (χ0) is 20.2. The van der Waals surface area contributed by atoms with E-state index in [0.717, 1.165) is 25.1 Å². The van der Waals surface area contributed by atoms with Crippen molar-refractivity contribution in [3.05, 3.63) is 81.7 Å². The number of nitrogens with zero attached hydrogens (tertiary/aromatic N) is 3. The van der Waals surface area contributed by atoms with Crippen LogP contribution in [0.15, 0.2) is 65.5 Å². The molecule has 0 N–H and O–H groups in total. The monoisotopic (exact) mass is 409 g/mol. The molecule has 0 aliphatic carbocycles. The third-order valence-electron chi connectivity index (χ3n) is 4.84. The second kappa shape index (κ2) is 8.49. The van der Waals surface area contributed by atoms with Crippen molar-refractivity contribution in [3.8, 4) is 11.3 Å². The highest BCUT2D eigenvalue weighted by atomic mass is 35.5. The second-order valence-corrected chi connectivity index (χ2v) is 7.18. The van der Waals surface area contributed by atoms with Crippen LogP contribution in [0.1, 0.15) is 12.0 Å². The Morgan fingerprint density at radius 3 is 2.31 bits per heavy atom. The minimum Gasteiger partial charge on any atom is -0.459 e. The molecule has 3 aromatic rings. The summed E-state index contributed by atoms with van der Waals surface area (Å²) in [5.41, 5.74) is 1.67. The van der Waals surface area contributed by atoms with Crippen LogP contribution in [0.5, 0.6) is 0 Å². The van der Waals surface area contributed by atoms with Crippen LogP contribution in [0.3, 0.4) is 0 Å². The molecule has 7 heteroatoms. The maximum atomic E-state index is 13.2. The summed E-state index contributed by atoms with van der Waals surface area (Å²) < 4.78 is 6.75. The first-order valence-corrected chi connectivity index (χ1v) is 9.81. The summed E-state index contributed by atoms with van der Waals surface area (Å²) in [6.45, 7) is 1.41. The van der Waals surface area contributed by atoms with E-state index in [1.807, 2.05) is 65.6 Å². The molecule has 4 rings (SSSR count). The van der Waals surface area contributed by atoms with Crippen LogP contribution in [0.25, 0.3) is 11.3 Å². The van der Waals surface area contributed by atoms with Gasteiger partial charge in [0, 0.05) is 18.7 Å². The van der Waals surface area contributed by atoms with Crippen molar-refractivity contribution in [2.75, 3.05) is 18.0 Å². The molecule has 1 saturated heterocycles. The molecule has 0 saturated carbocycles. The molecule has 0 amide bonds. The smallest absolute Gasteiger partial charge is 0.326 e. The molecular weight excluding hydrogens is 390 g/mol. The van der Waals surface area contributed by atoms with Gasteiger partial charge >= 0.3 is 5.97 Å². The van der Waals surface area contributed by atoms with Crippen LogP contribution in [-0.2, 0) is 22.7 Å². The van der Waals surface area contributed by atoms with E-state index in [1.165, 1.54) is 4.57 Å². The Morgan fingerprint density at radius 1 is 1.03 bits per heavy atom. The third-order valence-corrected chi connectivity index (χ3v) is 5.10. The molecule has 6 nitrogen and oxygen atoms in total. The van der Waals surface area contributed by atoms with E-state index in [4.69, 9.17) is 16.3 Å². The summed E-state index contributed by atoms with van der Waals surface area (Å²) in [4.78, 5) is 31.9. The van der Waals surface area contributed by atoms with Gasteiger partial charge in [-0.2, -0.15) is 0 Å². The molecule has 1 fully saturated rings. The lowest BCUT2D eigenvalue weighted by atomic mass is 10.1. The summed E-state index contributed by atoms with van der Waals surface area (Å²) in [5.74, 6) is -0.234. The molecule has 29 heavy (non-hydrogen) atoms. The molecule has 148 valence electrons. The molecule has 2 heterocycles. The van der Waals surface area contributed by atoms with Gasteiger partial charge in [-0.3, -0.25) is 14.2 Å². The van der Waals surface area contributed by atoms with Gasteiger partial charge in [-0.05, 0) is 12.0 Å². The number of halogens is 1. The van der Waals surface area contributed by atoms with Gasteiger partial charge in [-0.15, -0.1) is 0 Å². The van der Waals surface area contributed by atoms with Crippen molar-refractivity contribution in [3.63, 3.8) is 0 Å². The van der Waals surface area contributed by atoms with Gasteiger partial charge in [0.05, 0.1) is 5.69 Å². The van der Waals surface area contributed by atoms with E-state index < -0.39 is 5.97 Å². The summed E-state index contributed by atoms with van der Waals surface area (Å²) in [7, 11) is 0. The van der Waals surface area contributed by atoms with Crippen LogP contribution < -0.4 is 10.5 Å². The van der Waals surface area contributed by atoms with Crippen molar-refractivity contribution in [1.82, 2.24) is 9.55 Å². The highest BCUT2D eigenvalue weighted by Gasteiger charge is 2.25. The van der Waals surface area contributed by atoms with Gasteiger partial charge in [0.25, 0.3) is 5.56 Å². The van der Waals surface area contributed by atoms with Crippen molar-refractivity contribution in [2.24, 2.45) is 0 Å². The number of carbonyl (C=O) groups excluding carboxylic acids is 1. The number of esters is 1. The maximum absolute atomic E-state index is 13.2. The van der Waals surface area contributed by atoms with E-state index in [1.54, 1.807) is 0 Å². The van der Waals surface area contributed by atoms with Crippen LogP contribution in [0, 0.1) is 0 Å². The molecule has 1 aliphatic heterocycles. The van der Waals surface area contributed by atoms with Crippen LogP contribution in [0.2, 0.25) is 5.15 Å². The molecule has 2 aromatic carbocycles. The number of hydrogen-bond donors (Lipinski definition) is 0. The van der Waals surface area contributed by atoms with Gasteiger partial charge < -0.3 is 9.64 Å². The fourth-order valence-electron chi connectivity index (χ4n) is 3.20. The van der Waals surface area contributed by atoms with E-state index in [0.29, 0.717) is 11.3 Å². The highest BCUT2D eigenvalue weighted by molar-refractivity contribution is 6.32. The lowest BCUT2D eigenvalue weighted by Crippen LogP contribution is -2.43. The van der Waals surface area contributed by atoms with Crippen molar-refractivity contribution >= 4 is 23.4 Å². The normalized spacial score (nSPS) is 13.1. The SMILES string of the molecule is O=C(Cn1c(-c2ccccc2)c(Cl)nc(N2CCC2)c1=O)OCc1ccccc1. The predicted octanol–water partition coefficient (Wildman–Crippen LogP) is 3.52. The number of hydrogen-bond acceptors (Lipinski definition) is 5. The van der Waals surface area contributed by atoms with E-state index in [9.17, 15) is 9.59 Å². The van der Waals surface area contributed by atoms with Crippen molar-refractivity contribution < 1.29 is 9.53 Å². The average Bonchev–Trinajstić information content (AvgIpc) is 2.70. The zero-order valence-electron chi connectivity index (χ0n) is 15.8. The number of anilines is 1. The van der Waals surface area contributed by atoms with Gasteiger partial charge in [0.2, 0.25) is 0 Å². The van der Waals surface area contributed by atoms with Crippen LogP contribution >= 0.6 is 11.6 Å². The lowest BCUT2D eigenvalue weighted by Gasteiger charge is -2.32. The highest BCUT2D eigenvalue weighted by Crippen LogP contribution is 2.28. The number of benzene rings is 2. The van der Waals surface area contributed by atoms with E-state index in [2.05, 4.69) is 4.98 Å². The number of aromatic nitrogens is 2. The Labute approximate surface area is 173 Å². The third kappa shape index (κ3) is 4.17. The van der Waals surface area contributed by atoms with Gasteiger partial charge in [-0.1, -0.05) is 72.3 Å². The number of carbonyl (C=O) groups is 1. The van der Waals surface area contributed by atoms with E-state index in [-0.39, 0.29) is 29.7 Å². The first-order chi connectivity index (χ1) is 14.1. The molecule has 0 bridgehead atoms. The lowest BCUT2D eigenvalue weighted by molar-refractivity contribution is -0.145. The first kappa shape index (κ1) is 19.2. The largest absolute Gasteiger partial charge is 0.459 e. The fourth-order valence-corrected chi connectivity index (χ4v) is 3.49. The van der Waals surface area contributed by atoms with Crippen LogP contribution in [-0.4, -0.2) is 28.6 Å². The molecule has 1 aromatic heterocycles. The van der Waals surface area contributed by atoms with E-state index >= 15 is 0 Å². The first-order valence-electron chi connectivity index (χ1n) is 9.44. The Morgan fingerprint density at radius 2 is 1.69 bits per heavy atom. The molecule has 0 radical (unpaired) electrons. The van der Waals surface area contributed by atoms with Crippen molar-refractivity contribution in [1.29, 1.82) is 0 Å². The summed E-state index contributed by atoms with van der Waals surface area (Å²) in [6.07, 6.45) is 0.998. The van der Waals surface area contributed by atoms with Crippen molar-refractivity contribution in [2.45, 2.75) is 19.6 Å². The summed E-state index contributed by atoms with van der Waals surface area (Å²) in [6, 6.07) is 18.6. The molecule has 0 atom stereocenters. The minimum absolute atomic E-state index is 0.146. The molecule has 0 unspecified atom stereocenters. The quantitative estimate of drug-likeness (QED) is 0.583. The van der Waals surface area contributed by atoms with Crippen LogP contribution in [0.4, 0.5) is 5.82 Å².